The number of phenolic OH excluding ortho intramolecular Hbond substituents is 1. The zero-order chi connectivity index (χ0) is 27.4. The maximum absolute atomic E-state index is 13.7. The van der Waals surface area contributed by atoms with Crippen LogP contribution in [0.4, 0.5) is 5.69 Å². The number of amides is 1. The van der Waals surface area contributed by atoms with Crippen LogP contribution in [0.3, 0.4) is 0 Å². The molecule has 0 bridgehead atoms. The number of primary amides is 1. The molecule has 11 heteroatoms. The Labute approximate surface area is 213 Å². The summed E-state index contributed by atoms with van der Waals surface area (Å²) in [5.74, 6) is -6.46. The van der Waals surface area contributed by atoms with E-state index in [1.54, 1.807) is 6.07 Å². The number of nitrogens with two attached hydrogens (primary N) is 1. The van der Waals surface area contributed by atoms with Crippen LogP contribution in [0.5, 0.6) is 5.75 Å². The Bertz CT molecular complexity index is 1250. The fourth-order valence-electron chi connectivity index (χ4n) is 5.84. The zero-order valence-electron chi connectivity index (χ0n) is 21.0. The van der Waals surface area contributed by atoms with Crippen LogP contribution in [0.25, 0.3) is 5.76 Å². The fraction of sp³-hybridized carbons (Fsp3) is 0.500. The highest BCUT2D eigenvalue weighted by molar-refractivity contribution is 6.22. The average Bonchev–Trinajstić information content (AvgIpc) is 2.80. The van der Waals surface area contributed by atoms with Gasteiger partial charge in [-0.05, 0) is 43.7 Å². The van der Waals surface area contributed by atoms with Gasteiger partial charge in [0.1, 0.15) is 22.8 Å². The number of hydrogen-bond donors (Lipinski definition) is 7. The Kier molecular flexibility index (Phi) is 6.82. The summed E-state index contributed by atoms with van der Waals surface area (Å²) in [6.07, 6.45) is 0.470. The van der Waals surface area contributed by atoms with Crippen LogP contribution in [-0.4, -0.2) is 75.4 Å². The minimum atomic E-state index is -2.59. The number of ketones is 2. The number of anilines is 1. The molecule has 1 aromatic carbocycles. The van der Waals surface area contributed by atoms with Gasteiger partial charge in [-0.2, -0.15) is 0 Å². The fourth-order valence-corrected chi connectivity index (χ4v) is 5.84. The van der Waals surface area contributed by atoms with E-state index in [0.717, 1.165) is 5.69 Å². The minimum Gasteiger partial charge on any atom is -0.508 e. The number of benzene rings is 1. The molecule has 1 amide bonds. The van der Waals surface area contributed by atoms with Gasteiger partial charge >= 0.3 is 0 Å². The summed E-state index contributed by atoms with van der Waals surface area (Å²) >= 11 is 0. The van der Waals surface area contributed by atoms with Crippen molar-refractivity contribution < 1.29 is 39.9 Å². The second kappa shape index (κ2) is 9.47. The molecule has 0 aromatic heterocycles. The summed E-state index contributed by atoms with van der Waals surface area (Å²) in [5, 5.41) is 57.0. The highest BCUT2D eigenvalue weighted by Crippen LogP contribution is 2.53. The number of carbonyl (C=O) groups excluding carboxylic acids is 3. The van der Waals surface area contributed by atoms with E-state index in [-0.39, 0.29) is 55.3 Å². The van der Waals surface area contributed by atoms with Crippen LogP contribution >= 0.6 is 0 Å². The smallest absolute Gasteiger partial charge is 0.255 e. The Morgan fingerprint density at radius 3 is 2.51 bits per heavy atom. The molecule has 37 heavy (non-hydrogen) atoms. The third-order valence-corrected chi connectivity index (χ3v) is 7.80. The van der Waals surface area contributed by atoms with E-state index in [4.69, 9.17) is 10.8 Å². The molecule has 0 spiro atoms. The molecule has 1 saturated carbocycles. The lowest BCUT2D eigenvalue weighted by Gasteiger charge is -2.46. The SMILES string of the molecule is CC(CCO)NCc1cc(N(C)C)c2c(c1O)C(O)=C1C(=O)C3(O)C(O)=C(C(N)=O)C(=O)CC3CC1C2. The summed E-state index contributed by atoms with van der Waals surface area (Å²) in [7, 11) is 3.63. The lowest BCUT2D eigenvalue weighted by molar-refractivity contribution is -0.147. The van der Waals surface area contributed by atoms with E-state index < -0.39 is 52.0 Å². The maximum atomic E-state index is 13.7. The van der Waals surface area contributed by atoms with Gasteiger partial charge in [-0.25, -0.2) is 0 Å². The van der Waals surface area contributed by atoms with Gasteiger partial charge in [0.2, 0.25) is 5.78 Å². The van der Waals surface area contributed by atoms with Crippen molar-refractivity contribution in [3.63, 3.8) is 0 Å². The molecule has 4 atom stereocenters. The number of aliphatic hydroxyl groups excluding tert-OH is 3. The predicted octanol–water partition coefficient (Wildman–Crippen LogP) is 0.350. The summed E-state index contributed by atoms with van der Waals surface area (Å²) in [6, 6.07) is 1.75. The Morgan fingerprint density at radius 1 is 1.24 bits per heavy atom. The molecule has 1 aromatic rings. The van der Waals surface area contributed by atoms with Gasteiger partial charge < -0.3 is 41.5 Å². The summed E-state index contributed by atoms with van der Waals surface area (Å²) in [4.78, 5) is 39.8. The molecular weight excluding hydrogens is 482 g/mol. The van der Waals surface area contributed by atoms with Crippen molar-refractivity contribution in [1.29, 1.82) is 0 Å². The molecule has 3 aliphatic carbocycles. The van der Waals surface area contributed by atoms with Gasteiger partial charge in [-0.15, -0.1) is 0 Å². The zero-order valence-corrected chi connectivity index (χ0v) is 21.0. The first kappa shape index (κ1) is 26.6. The molecule has 11 nitrogen and oxygen atoms in total. The predicted molar refractivity (Wildman–Crippen MR) is 134 cm³/mol. The van der Waals surface area contributed by atoms with Crippen LogP contribution in [-0.2, 0) is 27.3 Å². The van der Waals surface area contributed by atoms with Crippen molar-refractivity contribution in [2.75, 3.05) is 25.6 Å². The van der Waals surface area contributed by atoms with Crippen LogP contribution in [0.1, 0.15) is 42.9 Å². The van der Waals surface area contributed by atoms with Crippen molar-refractivity contribution in [2.45, 2.75) is 50.8 Å². The van der Waals surface area contributed by atoms with Gasteiger partial charge in [0.25, 0.3) is 5.91 Å². The number of fused-ring (bicyclic) bond motifs is 3. The van der Waals surface area contributed by atoms with Crippen molar-refractivity contribution >= 4 is 28.9 Å². The van der Waals surface area contributed by atoms with E-state index in [1.165, 1.54) is 0 Å². The second-order valence-corrected chi connectivity index (χ2v) is 10.4. The number of aliphatic hydroxyl groups is 4. The Hall–Kier alpha value is -3.41. The van der Waals surface area contributed by atoms with E-state index in [9.17, 15) is 34.8 Å². The Morgan fingerprint density at radius 2 is 1.92 bits per heavy atom. The van der Waals surface area contributed by atoms with Gasteiger partial charge in [0.15, 0.2) is 11.4 Å². The number of carbonyl (C=O) groups is 3. The van der Waals surface area contributed by atoms with Crippen molar-refractivity contribution in [1.82, 2.24) is 5.32 Å². The summed E-state index contributed by atoms with van der Waals surface area (Å²) < 4.78 is 0. The third-order valence-electron chi connectivity index (χ3n) is 7.80. The molecule has 0 saturated heterocycles. The normalized spacial score (nSPS) is 26.0. The second-order valence-electron chi connectivity index (χ2n) is 10.4. The molecule has 4 rings (SSSR count). The molecule has 0 heterocycles. The summed E-state index contributed by atoms with van der Waals surface area (Å²) in [5.41, 5.74) is 3.50. The van der Waals surface area contributed by atoms with E-state index in [0.29, 0.717) is 17.5 Å². The quantitative estimate of drug-likeness (QED) is 0.249. The number of aromatic hydroxyl groups is 1. The average molecular weight is 516 g/mol. The first-order chi connectivity index (χ1) is 17.3. The lowest BCUT2D eigenvalue weighted by atomic mass is 9.59. The standard InChI is InChI=1S/C26H33N3O8/c1-11(4-5-30)28-10-13-8-16(29(2)3)15-7-12-6-14-9-17(31)20(25(27)36)24(35)26(14,37)23(34)18(12)22(33)19(15)21(13)32/h8,11-12,14,28,30,32-33,35,37H,4-7,9-10H2,1-3H3,(H2,27,36). The van der Waals surface area contributed by atoms with Gasteiger partial charge in [0, 0.05) is 62.5 Å². The number of Topliss-reactive ketones (excluding diaryl/α,β-unsaturated/α-hetero) is 2. The van der Waals surface area contributed by atoms with Crippen molar-refractivity contribution in [3.8, 4) is 5.75 Å². The largest absolute Gasteiger partial charge is 0.508 e. The van der Waals surface area contributed by atoms with Crippen LogP contribution < -0.4 is 16.0 Å². The molecule has 8 N–H and O–H groups in total. The van der Waals surface area contributed by atoms with Gasteiger partial charge in [-0.3, -0.25) is 14.4 Å². The third kappa shape index (κ3) is 4.07. The number of nitrogens with one attached hydrogen (secondary N) is 1. The number of rotatable bonds is 7. The van der Waals surface area contributed by atoms with Gasteiger partial charge in [0.05, 0.1) is 5.56 Å². The first-order valence-corrected chi connectivity index (χ1v) is 12.2. The van der Waals surface area contributed by atoms with Crippen LogP contribution in [0, 0.1) is 11.8 Å². The van der Waals surface area contributed by atoms with E-state index >= 15 is 0 Å². The maximum Gasteiger partial charge on any atom is 0.255 e. The highest BCUT2D eigenvalue weighted by atomic mass is 16.3. The van der Waals surface area contributed by atoms with Crippen molar-refractivity contribution in [2.24, 2.45) is 17.6 Å². The van der Waals surface area contributed by atoms with Crippen molar-refractivity contribution in [3.05, 3.63) is 39.7 Å². The van der Waals surface area contributed by atoms with E-state index in [2.05, 4.69) is 5.32 Å². The highest BCUT2D eigenvalue weighted by Gasteiger charge is 2.60. The number of phenols is 1. The molecular formula is C26H33N3O8. The molecule has 1 fully saturated rings. The van der Waals surface area contributed by atoms with Crippen LogP contribution in [0.2, 0.25) is 0 Å². The molecule has 0 radical (unpaired) electrons. The Balaban J connectivity index is 1.87. The first-order valence-electron chi connectivity index (χ1n) is 12.2. The van der Waals surface area contributed by atoms with Crippen LogP contribution in [0.15, 0.2) is 23.0 Å². The monoisotopic (exact) mass is 515 g/mol. The number of hydrogen-bond acceptors (Lipinski definition) is 10. The molecule has 4 unspecified atom stereocenters. The lowest BCUT2D eigenvalue weighted by Crippen LogP contribution is -2.58. The van der Waals surface area contributed by atoms with E-state index in [1.807, 2.05) is 25.9 Å². The van der Waals surface area contributed by atoms with Gasteiger partial charge in [-0.1, -0.05) is 0 Å². The topological polar surface area (TPSA) is 194 Å². The molecule has 200 valence electrons. The molecule has 0 aliphatic heterocycles. The minimum absolute atomic E-state index is 0.00205. The molecule has 3 aliphatic rings. The summed E-state index contributed by atoms with van der Waals surface area (Å²) in [6.45, 7) is 2.11. The number of nitrogens with zero attached hydrogens (tertiary/aromatic N) is 1.